The standard InChI is InChI=1S/C14H13BrOS/c1-10-2-4-12(8-13(10)15)14(16)5-3-11-6-7-17-9-11/h2,4,6-9H,3,5H2,1H3. The van der Waals surface area contributed by atoms with E-state index in [2.05, 4.69) is 27.4 Å². The summed E-state index contributed by atoms with van der Waals surface area (Å²) in [5.41, 5.74) is 3.19. The van der Waals surface area contributed by atoms with Gasteiger partial charge in [0.2, 0.25) is 0 Å². The van der Waals surface area contributed by atoms with E-state index in [0.717, 1.165) is 22.0 Å². The van der Waals surface area contributed by atoms with Crippen molar-refractivity contribution in [3.05, 3.63) is 56.2 Å². The van der Waals surface area contributed by atoms with Crippen molar-refractivity contribution < 1.29 is 4.79 Å². The van der Waals surface area contributed by atoms with E-state index in [-0.39, 0.29) is 5.78 Å². The van der Waals surface area contributed by atoms with Crippen LogP contribution in [0.4, 0.5) is 0 Å². The van der Waals surface area contributed by atoms with E-state index in [1.54, 1.807) is 11.3 Å². The Morgan fingerprint density at radius 3 is 2.82 bits per heavy atom. The Morgan fingerprint density at radius 1 is 1.35 bits per heavy atom. The van der Waals surface area contributed by atoms with Gasteiger partial charge in [-0.1, -0.05) is 28.1 Å². The van der Waals surface area contributed by atoms with Crippen LogP contribution in [0.1, 0.15) is 27.9 Å². The third-order valence-corrected chi connectivity index (χ3v) is 4.30. The van der Waals surface area contributed by atoms with Crippen LogP contribution in [0, 0.1) is 6.92 Å². The molecule has 0 saturated heterocycles. The van der Waals surface area contributed by atoms with Crippen molar-refractivity contribution in [2.24, 2.45) is 0 Å². The second-order valence-electron chi connectivity index (χ2n) is 4.02. The maximum Gasteiger partial charge on any atom is 0.163 e. The summed E-state index contributed by atoms with van der Waals surface area (Å²) in [5.74, 6) is 0.205. The largest absolute Gasteiger partial charge is 0.294 e. The lowest BCUT2D eigenvalue weighted by Crippen LogP contribution is -2.01. The first-order valence-electron chi connectivity index (χ1n) is 5.47. The summed E-state index contributed by atoms with van der Waals surface area (Å²) in [7, 11) is 0. The highest BCUT2D eigenvalue weighted by Crippen LogP contribution is 2.19. The van der Waals surface area contributed by atoms with Crippen LogP contribution in [0.5, 0.6) is 0 Å². The number of rotatable bonds is 4. The lowest BCUT2D eigenvalue weighted by atomic mass is 10.0. The molecule has 0 aliphatic heterocycles. The molecular formula is C14H13BrOS. The molecule has 0 N–H and O–H groups in total. The van der Waals surface area contributed by atoms with E-state index in [1.807, 2.05) is 30.5 Å². The molecule has 0 bridgehead atoms. The molecule has 3 heteroatoms. The number of hydrogen-bond acceptors (Lipinski definition) is 2. The zero-order chi connectivity index (χ0) is 12.3. The number of Topliss-reactive ketones (excluding diaryl/α,β-unsaturated/α-hetero) is 1. The van der Waals surface area contributed by atoms with Gasteiger partial charge in [0, 0.05) is 16.5 Å². The molecule has 1 aromatic heterocycles. The third kappa shape index (κ3) is 3.27. The number of thiophene rings is 1. The summed E-state index contributed by atoms with van der Waals surface area (Å²) >= 11 is 5.13. The predicted octanol–water partition coefficient (Wildman–Crippen LogP) is 4.63. The van der Waals surface area contributed by atoms with E-state index in [1.165, 1.54) is 5.56 Å². The molecule has 1 aromatic carbocycles. The molecule has 0 spiro atoms. The Balaban J connectivity index is 2.02. The molecule has 0 aliphatic carbocycles. The molecule has 1 heterocycles. The Labute approximate surface area is 114 Å². The quantitative estimate of drug-likeness (QED) is 0.752. The smallest absolute Gasteiger partial charge is 0.163 e. The number of benzene rings is 1. The predicted molar refractivity (Wildman–Crippen MR) is 75.8 cm³/mol. The summed E-state index contributed by atoms with van der Waals surface area (Å²) in [5, 5.41) is 4.14. The first kappa shape index (κ1) is 12.5. The average molecular weight is 309 g/mol. The fraction of sp³-hybridized carbons (Fsp3) is 0.214. The van der Waals surface area contributed by atoms with Gasteiger partial charge in [-0.15, -0.1) is 0 Å². The van der Waals surface area contributed by atoms with E-state index in [4.69, 9.17) is 0 Å². The van der Waals surface area contributed by atoms with Gasteiger partial charge in [0.05, 0.1) is 0 Å². The highest BCUT2D eigenvalue weighted by atomic mass is 79.9. The molecule has 1 nitrogen and oxygen atoms in total. The Kier molecular flexibility index (Phi) is 4.13. The van der Waals surface area contributed by atoms with E-state index >= 15 is 0 Å². The summed E-state index contributed by atoms with van der Waals surface area (Å²) in [6, 6.07) is 7.85. The minimum Gasteiger partial charge on any atom is -0.294 e. The normalized spacial score (nSPS) is 10.5. The van der Waals surface area contributed by atoms with Gasteiger partial charge in [-0.05, 0) is 47.4 Å². The maximum absolute atomic E-state index is 12.0. The Hall–Kier alpha value is -0.930. The van der Waals surface area contributed by atoms with Gasteiger partial charge in [0.15, 0.2) is 5.78 Å². The topological polar surface area (TPSA) is 17.1 Å². The van der Waals surface area contributed by atoms with Crippen molar-refractivity contribution in [1.82, 2.24) is 0 Å². The van der Waals surface area contributed by atoms with Gasteiger partial charge in [-0.25, -0.2) is 0 Å². The van der Waals surface area contributed by atoms with Crippen LogP contribution in [0.15, 0.2) is 39.5 Å². The average Bonchev–Trinajstić information content (AvgIpc) is 2.82. The fourth-order valence-electron chi connectivity index (χ4n) is 1.60. The fourth-order valence-corrected chi connectivity index (χ4v) is 2.69. The molecule has 2 rings (SSSR count). The van der Waals surface area contributed by atoms with Crippen LogP contribution >= 0.6 is 27.3 Å². The van der Waals surface area contributed by atoms with Gasteiger partial charge in [-0.3, -0.25) is 4.79 Å². The number of halogens is 1. The number of carbonyl (C=O) groups excluding carboxylic acids is 1. The Bertz CT molecular complexity index is 517. The Morgan fingerprint density at radius 2 is 2.18 bits per heavy atom. The SMILES string of the molecule is Cc1ccc(C(=O)CCc2ccsc2)cc1Br. The lowest BCUT2D eigenvalue weighted by molar-refractivity contribution is 0.0983. The number of carbonyl (C=O) groups is 1. The molecule has 0 fully saturated rings. The van der Waals surface area contributed by atoms with Crippen LogP contribution in [0.2, 0.25) is 0 Å². The molecule has 0 radical (unpaired) electrons. The van der Waals surface area contributed by atoms with Gasteiger partial charge in [0.1, 0.15) is 0 Å². The van der Waals surface area contributed by atoms with Gasteiger partial charge >= 0.3 is 0 Å². The van der Waals surface area contributed by atoms with Gasteiger partial charge < -0.3 is 0 Å². The van der Waals surface area contributed by atoms with Crippen molar-refractivity contribution in [2.45, 2.75) is 19.8 Å². The van der Waals surface area contributed by atoms with Crippen LogP contribution in [0.3, 0.4) is 0 Å². The molecular weight excluding hydrogens is 296 g/mol. The second-order valence-corrected chi connectivity index (χ2v) is 5.65. The molecule has 0 saturated carbocycles. The first-order valence-corrected chi connectivity index (χ1v) is 7.21. The van der Waals surface area contributed by atoms with Crippen molar-refractivity contribution >= 4 is 33.0 Å². The van der Waals surface area contributed by atoms with Crippen molar-refractivity contribution in [2.75, 3.05) is 0 Å². The highest BCUT2D eigenvalue weighted by molar-refractivity contribution is 9.10. The number of aryl methyl sites for hydroxylation is 2. The first-order chi connectivity index (χ1) is 8.16. The van der Waals surface area contributed by atoms with Crippen LogP contribution < -0.4 is 0 Å². The number of ketones is 1. The van der Waals surface area contributed by atoms with Crippen molar-refractivity contribution in [3.8, 4) is 0 Å². The van der Waals surface area contributed by atoms with Crippen LogP contribution in [0.25, 0.3) is 0 Å². The van der Waals surface area contributed by atoms with E-state index < -0.39 is 0 Å². The zero-order valence-electron chi connectivity index (χ0n) is 9.57. The van der Waals surface area contributed by atoms with Crippen LogP contribution in [-0.4, -0.2) is 5.78 Å². The summed E-state index contributed by atoms with van der Waals surface area (Å²) < 4.78 is 0.999. The van der Waals surface area contributed by atoms with E-state index in [0.29, 0.717) is 6.42 Å². The molecule has 2 aromatic rings. The summed E-state index contributed by atoms with van der Waals surface area (Å²) in [6.45, 7) is 2.02. The van der Waals surface area contributed by atoms with Gasteiger partial charge in [-0.2, -0.15) is 11.3 Å². The van der Waals surface area contributed by atoms with Crippen LogP contribution in [-0.2, 0) is 6.42 Å². The molecule has 0 amide bonds. The van der Waals surface area contributed by atoms with E-state index in [9.17, 15) is 4.79 Å². The molecule has 17 heavy (non-hydrogen) atoms. The molecule has 0 atom stereocenters. The zero-order valence-corrected chi connectivity index (χ0v) is 12.0. The minimum absolute atomic E-state index is 0.205. The third-order valence-electron chi connectivity index (χ3n) is 2.71. The van der Waals surface area contributed by atoms with Gasteiger partial charge in [0.25, 0.3) is 0 Å². The van der Waals surface area contributed by atoms with Crippen molar-refractivity contribution in [1.29, 1.82) is 0 Å². The second kappa shape index (κ2) is 5.61. The molecule has 0 unspecified atom stereocenters. The van der Waals surface area contributed by atoms with Crippen molar-refractivity contribution in [3.63, 3.8) is 0 Å². The highest BCUT2D eigenvalue weighted by Gasteiger charge is 2.07. The molecule has 88 valence electrons. The maximum atomic E-state index is 12.0. The summed E-state index contributed by atoms with van der Waals surface area (Å²) in [6.07, 6.45) is 1.40. The lowest BCUT2D eigenvalue weighted by Gasteiger charge is -2.03. The number of hydrogen-bond donors (Lipinski definition) is 0. The minimum atomic E-state index is 0.205. The molecule has 0 aliphatic rings. The monoisotopic (exact) mass is 308 g/mol. The summed E-state index contributed by atoms with van der Waals surface area (Å²) in [4.78, 5) is 12.0.